The quantitative estimate of drug-likeness (QED) is 0.845. The molecule has 0 saturated carbocycles. The number of H-pyrrole nitrogens is 1. The van der Waals surface area contributed by atoms with Crippen molar-refractivity contribution in [3.8, 4) is 11.4 Å². The largest absolute Gasteiger partial charge is 0.383 e. The maximum atomic E-state index is 12.6. The summed E-state index contributed by atoms with van der Waals surface area (Å²) in [7, 11) is 1.65. The molecule has 1 aliphatic rings. The second kappa shape index (κ2) is 8.11. The summed E-state index contributed by atoms with van der Waals surface area (Å²) in [5, 5.41) is 10.4. The van der Waals surface area contributed by atoms with Crippen molar-refractivity contribution in [3.63, 3.8) is 0 Å². The van der Waals surface area contributed by atoms with Crippen LogP contribution in [0, 0.1) is 0 Å². The Balaban J connectivity index is 1.71. The highest BCUT2D eigenvalue weighted by Gasteiger charge is 2.33. The molecule has 25 heavy (non-hydrogen) atoms. The van der Waals surface area contributed by atoms with Crippen LogP contribution < -0.4 is 5.32 Å². The number of amides is 2. The minimum Gasteiger partial charge on any atom is -0.383 e. The highest BCUT2D eigenvalue weighted by Crippen LogP contribution is 2.30. The molecule has 2 amide bonds. The van der Waals surface area contributed by atoms with Crippen molar-refractivity contribution >= 4 is 6.03 Å². The highest BCUT2D eigenvalue weighted by atomic mass is 16.5. The summed E-state index contributed by atoms with van der Waals surface area (Å²) in [6, 6.07) is 9.72. The number of nitrogens with one attached hydrogen (secondary N) is 2. The third-order valence-electron chi connectivity index (χ3n) is 4.55. The van der Waals surface area contributed by atoms with Crippen molar-refractivity contribution in [3.05, 3.63) is 36.2 Å². The zero-order valence-electron chi connectivity index (χ0n) is 14.7. The summed E-state index contributed by atoms with van der Waals surface area (Å²) in [6.07, 6.45) is 2.68. The number of benzene rings is 1. The first-order chi connectivity index (χ1) is 12.2. The molecular weight excluding hydrogens is 318 g/mol. The van der Waals surface area contributed by atoms with Crippen LogP contribution in [0.5, 0.6) is 0 Å². The van der Waals surface area contributed by atoms with Crippen molar-refractivity contribution < 1.29 is 9.53 Å². The van der Waals surface area contributed by atoms with E-state index in [1.165, 1.54) is 0 Å². The topological polar surface area (TPSA) is 83.1 Å². The zero-order valence-corrected chi connectivity index (χ0v) is 14.7. The Bertz CT molecular complexity index is 688. The third-order valence-corrected chi connectivity index (χ3v) is 4.55. The Hall–Kier alpha value is -2.41. The molecule has 1 saturated heterocycles. The molecule has 0 unspecified atom stereocenters. The van der Waals surface area contributed by atoms with Crippen molar-refractivity contribution in [2.24, 2.45) is 0 Å². The maximum absolute atomic E-state index is 12.6. The number of ether oxygens (including phenoxy) is 1. The molecule has 1 aromatic carbocycles. The van der Waals surface area contributed by atoms with Gasteiger partial charge >= 0.3 is 6.03 Å². The van der Waals surface area contributed by atoms with E-state index >= 15 is 0 Å². The number of hydrogen-bond acceptors (Lipinski definition) is 4. The molecule has 0 spiro atoms. The van der Waals surface area contributed by atoms with Gasteiger partial charge in [-0.2, -0.15) is 5.10 Å². The van der Waals surface area contributed by atoms with Gasteiger partial charge in [-0.1, -0.05) is 37.3 Å². The predicted octanol–water partition coefficient (Wildman–Crippen LogP) is 2.74. The third kappa shape index (κ3) is 3.99. The Kier molecular flexibility index (Phi) is 5.65. The van der Waals surface area contributed by atoms with Crippen LogP contribution in [0.3, 0.4) is 0 Å². The molecule has 7 heteroatoms. The minimum atomic E-state index is -0.0657. The monoisotopic (exact) mass is 343 g/mol. The molecule has 2 heterocycles. The van der Waals surface area contributed by atoms with Gasteiger partial charge in [0, 0.05) is 19.2 Å². The van der Waals surface area contributed by atoms with Crippen LogP contribution in [-0.4, -0.2) is 52.4 Å². The van der Waals surface area contributed by atoms with Gasteiger partial charge in [-0.15, -0.1) is 0 Å². The Morgan fingerprint density at radius 2 is 2.24 bits per heavy atom. The molecule has 134 valence electrons. The molecule has 2 atom stereocenters. The molecule has 2 N–H and O–H groups in total. The number of carbonyl (C=O) groups is 1. The molecule has 1 aliphatic heterocycles. The number of hydrogen-bond donors (Lipinski definition) is 2. The number of carbonyl (C=O) groups excluding carboxylic acids is 1. The van der Waals surface area contributed by atoms with E-state index in [-0.39, 0.29) is 18.1 Å². The number of likely N-dealkylation sites (tertiary alicyclic amines) is 1. The highest BCUT2D eigenvalue weighted by molar-refractivity contribution is 5.75. The number of nitrogens with zero attached hydrogens (tertiary/aromatic N) is 3. The van der Waals surface area contributed by atoms with Gasteiger partial charge in [0.05, 0.1) is 18.7 Å². The molecule has 7 nitrogen and oxygen atoms in total. The first kappa shape index (κ1) is 17.4. The molecule has 0 aliphatic carbocycles. The fraction of sp³-hybridized carbons (Fsp3) is 0.500. The standard InChI is InChI=1S/C18H25N5O2/c1-3-14(12-25-2)19-18(24)23-11-7-10-15(23)17-20-16(21-22-17)13-8-5-4-6-9-13/h4-6,8-9,14-15H,3,7,10-12H2,1-2H3,(H,19,24)(H,20,21,22)/t14-,15+/m1/s1. The molecule has 3 rings (SSSR count). The Morgan fingerprint density at radius 3 is 2.96 bits per heavy atom. The van der Waals surface area contributed by atoms with Gasteiger partial charge in [0.15, 0.2) is 5.82 Å². The zero-order chi connectivity index (χ0) is 17.6. The van der Waals surface area contributed by atoms with Crippen LogP contribution in [0.25, 0.3) is 11.4 Å². The van der Waals surface area contributed by atoms with Gasteiger partial charge in [-0.05, 0) is 19.3 Å². The van der Waals surface area contributed by atoms with E-state index in [9.17, 15) is 4.79 Å². The fourth-order valence-electron chi connectivity index (χ4n) is 3.15. The van der Waals surface area contributed by atoms with Gasteiger partial charge in [0.25, 0.3) is 0 Å². The molecule has 1 fully saturated rings. The Morgan fingerprint density at radius 1 is 1.44 bits per heavy atom. The molecule has 0 radical (unpaired) electrons. The van der Waals surface area contributed by atoms with E-state index in [2.05, 4.69) is 20.5 Å². The fourth-order valence-corrected chi connectivity index (χ4v) is 3.15. The summed E-state index contributed by atoms with van der Waals surface area (Å²) in [4.78, 5) is 19.1. The normalized spacial score (nSPS) is 18.3. The van der Waals surface area contributed by atoms with Gasteiger partial charge in [-0.25, -0.2) is 9.78 Å². The summed E-state index contributed by atoms with van der Waals surface area (Å²) >= 11 is 0. The lowest BCUT2D eigenvalue weighted by atomic mass is 10.2. The molecule has 2 aromatic rings. The van der Waals surface area contributed by atoms with Crippen molar-refractivity contribution in [2.45, 2.75) is 38.3 Å². The van der Waals surface area contributed by atoms with E-state index in [0.29, 0.717) is 12.4 Å². The van der Waals surface area contributed by atoms with E-state index < -0.39 is 0 Å². The lowest BCUT2D eigenvalue weighted by molar-refractivity contribution is 0.150. The SMILES string of the molecule is CC[C@H](COC)NC(=O)N1CCC[C@H]1c1nc(-c2ccccc2)n[nH]1. The summed E-state index contributed by atoms with van der Waals surface area (Å²) < 4.78 is 5.16. The smallest absolute Gasteiger partial charge is 0.318 e. The van der Waals surface area contributed by atoms with Crippen LogP contribution in [0.2, 0.25) is 0 Å². The van der Waals surface area contributed by atoms with Crippen molar-refractivity contribution in [1.29, 1.82) is 0 Å². The number of aromatic amines is 1. The number of aromatic nitrogens is 3. The van der Waals surface area contributed by atoms with Crippen LogP contribution in [-0.2, 0) is 4.74 Å². The van der Waals surface area contributed by atoms with Gasteiger partial charge in [0.2, 0.25) is 0 Å². The lowest BCUT2D eigenvalue weighted by Crippen LogP contribution is -2.46. The van der Waals surface area contributed by atoms with Crippen molar-refractivity contribution in [2.75, 3.05) is 20.3 Å². The van der Waals surface area contributed by atoms with Crippen molar-refractivity contribution in [1.82, 2.24) is 25.4 Å². The van der Waals surface area contributed by atoms with Crippen LogP contribution in [0.1, 0.15) is 38.1 Å². The maximum Gasteiger partial charge on any atom is 0.318 e. The lowest BCUT2D eigenvalue weighted by Gasteiger charge is -2.26. The molecule has 0 bridgehead atoms. The Labute approximate surface area is 147 Å². The molecule has 1 aromatic heterocycles. The van der Waals surface area contributed by atoms with Crippen LogP contribution >= 0.6 is 0 Å². The van der Waals surface area contributed by atoms with Gasteiger partial charge in [-0.3, -0.25) is 5.10 Å². The summed E-state index contributed by atoms with van der Waals surface area (Å²) in [5.41, 5.74) is 0.963. The summed E-state index contributed by atoms with van der Waals surface area (Å²) in [6.45, 7) is 3.27. The average Bonchev–Trinajstić information content (AvgIpc) is 3.31. The number of urea groups is 1. The van der Waals surface area contributed by atoms with Crippen LogP contribution in [0.15, 0.2) is 30.3 Å². The van der Waals surface area contributed by atoms with Gasteiger partial charge < -0.3 is 15.0 Å². The first-order valence-electron chi connectivity index (χ1n) is 8.76. The first-order valence-corrected chi connectivity index (χ1v) is 8.76. The van der Waals surface area contributed by atoms with E-state index in [4.69, 9.17) is 4.74 Å². The number of rotatable bonds is 6. The minimum absolute atomic E-state index is 0.0216. The van der Waals surface area contributed by atoms with E-state index in [1.807, 2.05) is 42.2 Å². The van der Waals surface area contributed by atoms with E-state index in [0.717, 1.165) is 37.2 Å². The second-order valence-corrected chi connectivity index (χ2v) is 6.27. The van der Waals surface area contributed by atoms with E-state index in [1.54, 1.807) is 7.11 Å². The van der Waals surface area contributed by atoms with Gasteiger partial charge in [0.1, 0.15) is 5.82 Å². The van der Waals surface area contributed by atoms with Crippen LogP contribution in [0.4, 0.5) is 4.79 Å². The number of methoxy groups -OCH3 is 1. The second-order valence-electron chi connectivity index (χ2n) is 6.27. The predicted molar refractivity (Wildman–Crippen MR) is 95.0 cm³/mol. The molecular formula is C18H25N5O2. The summed E-state index contributed by atoms with van der Waals surface area (Å²) in [5.74, 6) is 1.40. The average molecular weight is 343 g/mol.